The van der Waals surface area contributed by atoms with Crippen molar-refractivity contribution in [3.63, 3.8) is 0 Å². The summed E-state index contributed by atoms with van der Waals surface area (Å²) in [7, 11) is -0.249. The quantitative estimate of drug-likeness (QED) is 0.860. The highest BCUT2D eigenvalue weighted by Gasteiger charge is 2.27. The Morgan fingerprint density at radius 3 is 2.78 bits per heavy atom. The third-order valence-electron chi connectivity index (χ3n) is 2.69. The fraction of sp³-hybridized carbons (Fsp3) is 0.545. The van der Waals surface area contributed by atoms with Crippen LogP contribution in [0.5, 0.6) is 0 Å². The minimum atomic E-state index is -3.51. The molecule has 1 N–H and O–H groups in total. The van der Waals surface area contributed by atoms with Crippen LogP contribution in [0.15, 0.2) is 23.2 Å². The van der Waals surface area contributed by atoms with Crippen molar-refractivity contribution in [2.45, 2.75) is 17.9 Å². The molecule has 1 atom stereocenters. The van der Waals surface area contributed by atoms with Gasteiger partial charge in [0.25, 0.3) is 0 Å². The normalized spacial score (nSPS) is 13.6. The highest BCUT2D eigenvalue weighted by molar-refractivity contribution is 7.98. The molecule has 0 aromatic carbocycles. The van der Waals surface area contributed by atoms with Crippen LogP contribution in [-0.2, 0) is 10.0 Å². The molecular weight excluding hydrogens is 270 g/mol. The van der Waals surface area contributed by atoms with Gasteiger partial charge in [-0.05, 0) is 25.3 Å². The van der Waals surface area contributed by atoms with E-state index in [1.54, 1.807) is 44.2 Å². The molecule has 1 aromatic rings. The van der Waals surface area contributed by atoms with Gasteiger partial charge in [0.05, 0.1) is 0 Å². The van der Waals surface area contributed by atoms with Gasteiger partial charge < -0.3 is 5.32 Å². The molecule has 1 heterocycles. The zero-order valence-corrected chi connectivity index (χ0v) is 12.7. The Kier molecular flexibility index (Phi) is 5.43. The van der Waals surface area contributed by atoms with Gasteiger partial charge in [0.1, 0.15) is 10.7 Å². The lowest BCUT2D eigenvalue weighted by molar-refractivity contribution is 0.415. The highest BCUT2D eigenvalue weighted by Crippen LogP contribution is 2.23. The molecule has 0 saturated carbocycles. The van der Waals surface area contributed by atoms with E-state index >= 15 is 0 Å². The van der Waals surface area contributed by atoms with Gasteiger partial charge in [-0.2, -0.15) is 16.1 Å². The van der Waals surface area contributed by atoms with Crippen molar-refractivity contribution in [2.75, 3.05) is 31.4 Å². The molecule has 0 spiro atoms. The monoisotopic (exact) mass is 289 g/mol. The lowest BCUT2D eigenvalue weighted by atomic mass is 10.4. The van der Waals surface area contributed by atoms with Gasteiger partial charge in [-0.3, -0.25) is 0 Å². The molecule has 0 radical (unpaired) electrons. The number of hydrogen-bond donors (Lipinski definition) is 1. The summed E-state index contributed by atoms with van der Waals surface area (Å²) in [6.45, 7) is 1.89. The van der Waals surface area contributed by atoms with Crippen molar-refractivity contribution in [2.24, 2.45) is 0 Å². The van der Waals surface area contributed by atoms with E-state index in [9.17, 15) is 8.42 Å². The lowest BCUT2D eigenvalue weighted by Crippen LogP contribution is -2.36. The van der Waals surface area contributed by atoms with Crippen molar-refractivity contribution in [3.8, 4) is 0 Å². The van der Waals surface area contributed by atoms with Crippen LogP contribution in [0.4, 0.5) is 5.82 Å². The Labute approximate surface area is 113 Å². The number of aromatic nitrogens is 1. The summed E-state index contributed by atoms with van der Waals surface area (Å²) in [6.07, 6.45) is 3.52. The van der Waals surface area contributed by atoms with E-state index in [-0.39, 0.29) is 10.9 Å². The molecule has 0 aliphatic rings. The van der Waals surface area contributed by atoms with Gasteiger partial charge in [0.15, 0.2) is 0 Å². The summed E-state index contributed by atoms with van der Waals surface area (Å²) in [6, 6.07) is 3.13. The van der Waals surface area contributed by atoms with Crippen molar-refractivity contribution in [3.05, 3.63) is 18.3 Å². The molecule has 18 heavy (non-hydrogen) atoms. The zero-order chi connectivity index (χ0) is 13.8. The second-order valence-corrected chi connectivity index (χ2v) is 6.80. The van der Waals surface area contributed by atoms with Crippen molar-refractivity contribution in [1.82, 2.24) is 9.29 Å². The minimum Gasteiger partial charge on any atom is -0.372 e. The van der Waals surface area contributed by atoms with E-state index in [0.29, 0.717) is 5.82 Å². The Bertz CT molecular complexity index is 491. The van der Waals surface area contributed by atoms with Crippen LogP contribution in [-0.4, -0.2) is 49.9 Å². The van der Waals surface area contributed by atoms with Gasteiger partial charge in [-0.15, -0.1) is 0 Å². The van der Waals surface area contributed by atoms with E-state index in [1.165, 1.54) is 4.31 Å². The van der Waals surface area contributed by atoms with Crippen LogP contribution in [0.3, 0.4) is 0 Å². The number of hydrogen-bond acceptors (Lipinski definition) is 5. The first kappa shape index (κ1) is 15.3. The first-order valence-corrected chi connectivity index (χ1v) is 8.38. The summed E-state index contributed by atoms with van der Waals surface area (Å²) in [5, 5.41) is 2.81. The first-order valence-electron chi connectivity index (χ1n) is 5.55. The maximum Gasteiger partial charge on any atom is 0.246 e. The van der Waals surface area contributed by atoms with E-state index in [2.05, 4.69) is 10.3 Å². The van der Waals surface area contributed by atoms with Crippen LogP contribution >= 0.6 is 11.8 Å². The van der Waals surface area contributed by atoms with Crippen LogP contribution in [0, 0.1) is 0 Å². The molecule has 0 aliphatic heterocycles. The summed E-state index contributed by atoms with van der Waals surface area (Å²) in [4.78, 5) is 4.24. The zero-order valence-electron chi connectivity index (χ0n) is 11.0. The average Bonchev–Trinajstić information content (AvgIpc) is 2.38. The van der Waals surface area contributed by atoms with Crippen LogP contribution in [0.25, 0.3) is 0 Å². The van der Waals surface area contributed by atoms with Gasteiger partial charge in [-0.1, -0.05) is 0 Å². The highest BCUT2D eigenvalue weighted by atomic mass is 32.2. The minimum absolute atomic E-state index is 0.0603. The van der Waals surface area contributed by atoms with E-state index in [4.69, 9.17) is 0 Å². The molecular formula is C11H19N3O2S2. The molecule has 1 rings (SSSR count). The smallest absolute Gasteiger partial charge is 0.246 e. The summed E-state index contributed by atoms with van der Waals surface area (Å²) in [5.74, 6) is 1.13. The summed E-state index contributed by atoms with van der Waals surface area (Å²) in [5.41, 5.74) is 0. The van der Waals surface area contributed by atoms with Crippen molar-refractivity contribution in [1.29, 1.82) is 0 Å². The van der Waals surface area contributed by atoms with Gasteiger partial charge in [0, 0.05) is 32.1 Å². The standard InChI is InChI=1S/C11H19N3O2S2/c1-9(8-17-4)14(3)18(15,16)10-6-5-7-13-11(10)12-2/h5-7,9H,8H2,1-4H3,(H,12,13). The van der Waals surface area contributed by atoms with Crippen LogP contribution < -0.4 is 5.32 Å². The number of nitrogens with zero attached hydrogens (tertiary/aromatic N) is 2. The van der Waals surface area contributed by atoms with E-state index in [1.807, 2.05) is 13.2 Å². The maximum atomic E-state index is 12.5. The predicted molar refractivity (Wildman–Crippen MR) is 76.6 cm³/mol. The molecule has 0 fully saturated rings. The molecule has 0 amide bonds. The fourth-order valence-electron chi connectivity index (χ4n) is 1.52. The average molecular weight is 289 g/mol. The number of sulfonamides is 1. The van der Waals surface area contributed by atoms with Gasteiger partial charge >= 0.3 is 0 Å². The molecule has 1 unspecified atom stereocenters. The Morgan fingerprint density at radius 2 is 2.22 bits per heavy atom. The Hall–Kier alpha value is -0.790. The van der Waals surface area contributed by atoms with Crippen LogP contribution in [0.2, 0.25) is 0 Å². The number of pyridine rings is 1. The molecule has 0 saturated heterocycles. The van der Waals surface area contributed by atoms with Crippen molar-refractivity contribution < 1.29 is 8.42 Å². The maximum absolute atomic E-state index is 12.5. The second-order valence-electron chi connectivity index (χ2n) is 3.93. The number of anilines is 1. The number of thioether (sulfide) groups is 1. The molecule has 0 aliphatic carbocycles. The summed E-state index contributed by atoms with van der Waals surface area (Å²) < 4.78 is 26.3. The SMILES string of the molecule is CNc1ncccc1S(=O)(=O)N(C)C(C)CSC. The van der Waals surface area contributed by atoms with Crippen LogP contribution in [0.1, 0.15) is 6.92 Å². The fourth-order valence-corrected chi connectivity index (χ4v) is 3.83. The third kappa shape index (κ3) is 3.15. The van der Waals surface area contributed by atoms with Gasteiger partial charge in [0.2, 0.25) is 10.0 Å². The van der Waals surface area contributed by atoms with E-state index in [0.717, 1.165) is 5.75 Å². The molecule has 1 aromatic heterocycles. The first-order chi connectivity index (χ1) is 8.45. The topological polar surface area (TPSA) is 62.3 Å². The predicted octanol–water partition coefficient (Wildman–Crippen LogP) is 1.50. The largest absolute Gasteiger partial charge is 0.372 e. The number of rotatable bonds is 6. The summed E-state index contributed by atoms with van der Waals surface area (Å²) >= 11 is 1.62. The Balaban J connectivity index is 3.13. The third-order valence-corrected chi connectivity index (χ3v) is 5.51. The van der Waals surface area contributed by atoms with E-state index < -0.39 is 10.0 Å². The lowest BCUT2D eigenvalue weighted by Gasteiger charge is -2.24. The second kappa shape index (κ2) is 6.40. The Morgan fingerprint density at radius 1 is 1.56 bits per heavy atom. The molecule has 102 valence electrons. The molecule has 5 nitrogen and oxygen atoms in total. The number of nitrogens with one attached hydrogen (secondary N) is 1. The van der Waals surface area contributed by atoms with Gasteiger partial charge in [-0.25, -0.2) is 13.4 Å². The van der Waals surface area contributed by atoms with Crippen molar-refractivity contribution >= 4 is 27.6 Å². The molecule has 7 heteroatoms. The molecule has 0 bridgehead atoms.